The first-order chi connectivity index (χ1) is 11.1. The number of amides is 2. The van der Waals surface area contributed by atoms with Crippen LogP contribution >= 0.6 is 0 Å². The van der Waals surface area contributed by atoms with Gasteiger partial charge in [0.25, 0.3) is 5.91 Å². The smallest absolute Gasteiger partial charge is 0.254 e. The number of fused-ring (bicyclic) bond motifs is 1. The van der Waals surface area contributed by atoms with Crippen LogP contribution in [0.3, 0.4) is 0 Å². The molecule has 124 valence electrons. The SMILES string of the molecule is C[NH+]1CCN(NC(=O)CN2C(=O)CCOc3ccccc32)CC1. The van der Waals surface area contributed by atoms with Gasteiger partial charge in [-0.3, -0.25) is 19.9 Å². The summed E-state index contributed by atoms with van der Waals surface area (Å²) in [6, 6.07) is 7.33. The molecule has 0 radical (unpaired) electrons. The Labute approximate surface area is 135 Å². The lowest BCUT2D eigenvalue weighted by Gasteiger charge is -2.31. The molecule has 2 aliphatic rings. The predicted molar refractivity (Wildman–Crippen MR) is 85.2 cm³/mol. The van der Waals surface area contributed by atoms with Crippen molar-refractivity contribution in [1.82, 2.24) is 10.4 Å². The van der Waals surface area contributed by atoms with Crippen LogP contribution in [0.2, 0.25) is 0 Å². The van der Waals surface area contributed by atoms with Gasteiger partial charge in [0.1, 0.15) is 12.3 Å². The van der Waals surface area contributed by atoms with Crippen LogP contribution in [0.4, 0.5) is 5.69 Å². The second-order valence-corrected chi connectivity index (χ2v) is 6.03. The summed E-state index contributed by atoms with van der Waals surface area (Å²) >= 11 is 0. The number of nitrogens with one attached hydrogen (secondary N) is 2. The van der Waals surface area contributed by atoms with Crippen molar-refractivity contribution in [3.8, 4) is 5.75 Å². The minimum absolute atomic E-state index is 0.0123. The van der Waals surface area contributed by atoms with Crippen LogP contribution in [0.15, 0.2) is 24.3 Å². The highest BCUT2D eigenvalue weighted by atomic mass is 16.5. The first-order valence-corrected chi connectivity index (χ1v) is 8.01. The zero-order valence-electron chi connectivity index (χ0n) is 13.4. The second kappa shape index (κ2) is 6.97. The Morgan fingerprint density at radius 1 is 1.30 bits per heavy atom. The Kier molecular flexibility index (Phi) is 4.78. The molecule has 0 unspecified atom stereocenters. The molecule has 2 heterocycles. The van der Waals surface area contributed by atoms with Crippen LogP contribution in [-0.2, 0) is 9.59 Å². The van der Waals surface area contributed by atoms with Crippen molar-refractivity contribution >= 4 is 17.5 Å². The molecule has 2 N–H and O–H groups in total. The van der Waals surface area contributed by atoms with Gasteiger partial charge in [-0.25, -0.2) is 5.01 Å². The van der Waals surface area contributed by atoms with Gasteiger partial charge in [0.15, 0.2) is 0 Å². The number of rotatable bonds is 3. The standard InChI is InChI=1S/C16H22N4O3/c1-18-7-9-19(10-8-18)17-15(21)12-20-13-4-2-3-5-14(13)23-11-6-16(20)22/h2-5H,6-12H2,1H3,(H,17,21)/p+1. The molecule has 0 aromatic heterocycles. The minimum Gasteiger partial charge on any atom is -0.491 e. The van der Waals surface area contributed by atoms with E-state index < -0.39 is 0 Å². The Hall–Kier alpha value is -2.12. The highest BCUT2D eigenvalue weighted by Gasteiger charge is 2.26. The quantitative estimate of drug-likeness (QED) is 0.724. The van der Waals surface area contributed by atoms with Crippen molar-refractivity contribution in [2.75, 3.05) is 51.3 Å². The predicted octanol–water partition coefficient (Wildman–Crippen LogP) is -1.34. The van der Waals surface area contributed by atoms with Gasteiger partial charge in [0.05, 0.1) is 51.9 Å². The van der Waals surface area contributed by atoms with Crippen LogP contribution < -0.4 is 20.0 Å². The number of piperazine rings is 1. The Morgan fingerprint density at radius 2 is 2.04 bits per heavy atom. The zero-order chi connectivity index (χ0) is 16.2. The molecule has 2 amide bonds. The number of para-hydroxylation sites is 2. The second-order valence-electron chi connectivity index (χ2n) is 6.03. The lowest BCUT2D eigenvalue weighted by molar-refractivity contribution is -0.884. The van der Waals surface area contributed by atoms with Crippen LogP contribution in [0, 0.1) is 0 Å². The van der Waals surface area contributed by atoms with Gasteiger partial charge < -0.3 is 9.64 Å². The number of hydrogen-bond donors (Lipinski definition) is 2. The van der Waals surface area contributed by atoms with Crippen molar-refractivity contribution in [3.63, 3.8) is 0 Å². The number of hydrogen-bond acceptors (Lipinski definition) is 4. The average molecular weight is 319 g/mol. The average Bonchev–Trinajstić information content (AvgIpc) is 2.70. The molecule has 2 aliphatic heterocycles. The van der Waals surface area contributed by atoms with Gasteiger partial charge in [-0.05, 0) is 12.1 Å². The summed E-state index contributed by atoms with van der Waals surface area (Å²) in [4.78, 5) is 27.6. The molecule has 1 fully saturated rings. The van der Waals surface area contributed by atoms with Gasteiger partial charge in [-0.1, -0.05) is 12.1 Å². The largest absolute Gasteiger partial charge is 0.491 e. The number of carbonyl (C=O) groups is 2. The van der Waals surface area contributed by atoms with E-state index in [4.69, 9.17) is 4.74 Å². The van der Waals surface area contributed by atoms with Crippen molar-refractivity contribution in [3.05, 3.63) is 24.3 Å². The van der Waals surface area contributed by atoms with E-state index in [2.05, 4.69) is 12.5 Å². The van der Waals surface area contributed by atoms with Crippen LogP contribution in [0.25, 0.3) is 0 Å². The summed E-state index contributed by atoms with van der Waals surface area (Å²) in [5, 5.41) is 1.93. The van der Waals surface area contributed by atoms with Crippen LogP contribution in [0.1, 0.15) is 6.42 Å². The van der Waals surface area contributed by atoms with Gasteiger partial charge >= 0.3 is 0 Å². The summed E-state index contributed by atoms with van der Waals surface area (Å²) in [5.41, 5.74) is 3.57. The number of quaternary nitrogens is 1. The summed E-state index contributed by atoms with van der Waals surface area (Å²) in [5.74, 6) is 0.386. The number of carbonyl (C=O) groups excluding carboxylic acids is 2. The molecule has 1 aromatic carbocycles. The molecular weight excluding hydrogens is 296 g/mol. The number of ether oxygens (including phenoxy) is 1. The number of anilines is 1. The van der Waals surface area contributed by atoms with Gasteiger partial charge in [-0.2, -0.15) is 0 Å². The van der Waals surface area contributed by atoms with Crippen molar-refractivity contribution in [2.45, 2.75) is 6.42 Å². The fourth-order valence-corrected chi connectivity index (χ4v) is 2.85. The molecule has 0 bridgehead atoms. The number of likely N-dealkylation sites (N-methyl/N-ethyl adjacent to an activating group) is 1. The number of benzene rings is 1. The summed E-state index contributed by atoms with van der Waals surface area (Å²) in [6.45, 7) is 4.00. The molecule has 0 saturated carbocycles. The first-order valence-electron chi connectivity index (χ1n) is 8.01. The van der Waals surface area contributed by atoms with E-state index in [9.17, 15) is 9.59 Å². The molecule has 7 heteroatoms. The monoisotopic (exact) mass is 319 g/mol. The third-order valence-corrected chi connectivity index (χ3v) is 4.23. The molecule has 1 saturated heterocycles. The summed E-state index contributed by atoms with van der Waals surface area (Å²) in [6.07, 6.45) is 0.278. The van der Waals surface area contributed by atoms with E-state index in [1.54, 1.807) is 0 Å². The van der Waals surface area contributed by atoms with E-state index in [0.717, 1.165) is 26.2 Å². The van der Waals surface area contributed by atoms with E-state index in [-0.39, 0.29) is 24.8 Å². The summed E-state index contributed by atoms with van der Waals surface area (Å²) in [7, 11) is 2.14. The molecule has 0 aliphatic carbocycles. The van der Waals surface area contributed by atoms with Crippen LogP contribution in [-0.4, -0.2) is 63.2 Å². The van der Waals surface area contributed by atoms with E-state index in [1.807, 2.05) is 29.3 Å². The molecular formula is C16H23N4O3+. The molecule has 7 nitrogen and oxygen atoms in total. The lowest BCUT2D eigenvalue weighted by Crippen LogP contribution is -3.12. The molecule has 23 heavy (non-hydrogen) atoms. The van der Waals surface area contributed by atoms with Crippen molar-refractivity contribution in [2.24, 2.45) is 0 Å². The topological polar surface area (TPSA) is 66.3 Å². The van der Waals surface area contributed by atoms with Gasteiger partial charge in [0.2, 0.25) is 5.91 Å². The first kappa shape index (κ1) is 15.8. The maximum Gasteiger partial charge on any atom is 0.254 e. The van der Waals surface area contributed by atoms with Crippen LogP contribution in [0.5, 0.6) is 5.75 Å². The normalized spacial score (nSPS) is 19.7. The Morgan fingerprint density at radius 3 is 2.83 bits per heavy atom. The van der Waals surface area contributed by atoms with E-state index >= 15 is 0 Å². The third-order valence-electron chi connectivity index (χ3n) is 4.23. The van der Waals surface area contributed by atoms with Crippen molar-refractivity contribution in [1.29, 1.82) is 0 Å². The highest BCUT2D eigenvalue weighted by molar-refractivity contribution is 6.00. The fraction of sp³-hybridized carbons (Fsp3) is 0.500. The summed E-state index contributed by atoms with van der Waals surface area (Å²) < 4.78 is 5.59. The highest BCUT2D eigenvalue weighted by Crippen LogP contribution is 2.30. The van der Waals surface area contributed by atoms with E-state index in [0.29, 0.717) is 18.0 Å². The maximum atomic E-state index is 12.3. The van der Waals surface area contributed by atoms with E-state index in [1.165, 1.54) is 9.80 Å². The third kappa shape index (κ3) is 3.80. The molecule has 0 atom stereocenters. The zero-order valence-corrected chi connectivity index (χ0v) is 13.4. The molecule has 3 rings (SSSR count). The van der Waals surface area contributed by atoms with Crippen molar-refractivity contribution < 1.29 is 19.2 Å². The number of nitrogens with zero attached hydrogens (tertiary/aromatic N) is 2. The number of hydrazine groups is 1. The lowest BCUT2D eigenvalue weighted by atomic mass is 10.2. The minimum atomic E-state index is -0.172. The molecule has 0 spiro atoms. The Bertz CT molecular complexity index is 584. The van der Waals surface area contributed by atoms with Gasteiger partial charge in [0, 0.05) is 0 Å². The maximum absolute atomic E-state index is 12.3. The fourth-order valence-electron chi connectivity index (χ4n) is 2.85. The molecule has 1 aromatic rings. The Balaban J connectivity index is 1.66. The van der Waals surface area contributed by atoms with Gasteiger partial charge in [-0.15, -0.1) is 0 Å².